The normalized spacial score (nSPS) is 16.1. The molecule has 1 aromatic heterocycles. The Hall–Kier alpha value is -1.21. The van der Waals surface area contributed by atoms with E-state index in [9.17, 15) is 0 Å². The molecule has 0 amide bonds. The van der Waals surface area contributed by atoms with Gasteiger partial charge in [-0.05, 0) is 77.2 Å². The first kappa shape index (κ1) is 19.5. The quantitative estimate of drug-likeness (QED) is 0.647. The molecular formula is C19H21BrClN3OS. The van der Waals surface area contributed by atoms with Gasteiger partial charge < -0.3 is 15.4 Å². The molecule has 0 aliphatic carbocycles. The summed E-state index contributed by atoms with van der Waals surface area (Å²) in [6.45, 7) is 4.18. The molecule has 1 fully saturated rings. The summed E-state index contributed by atoms with van der Waals surface area (Å²) >= 11 is 15.2. The smallest absolute Gasteiger partial charge is 0.172 e. The zero-order valence-corrected chi connectivity index (χ0v) is 17.7. The summed E-state index contributed by atoms with van der Waals surface area (Å²) < 4.78 is 6.47. The fourth-order valence-electron chi connectivity index (χ4n) is 3.17. The van der Waals surface area contributed by atoms with Crippen LogP contribution in [-0.4, -0.2) is 29.9 Å². The van der Waals surface area contributed by atoms with Crippen molar-refractivity contribution in [3.05, 3.63) is 57.2 Å². The Labute approximate surface area is 172 Å². The van der Waals surface area contributed by atoms with Gasteiger partial charge in [0.25, 0.3) is 0 Å². The first-order valence-corrected chi connectivity index (χ1v) is 10.1. The molecule has 3 rings (SSSR count). The SMILES string of the molecule is Cc1cnc(NC(=S)NCC2(c3cccc(Cl)c3)CCOCC2)c(Br)c1. The van der Waals surface area contributed by atoms with Crippen molar-refractivity contribution in [3.63, 3.8) is 0 Å². The average Bonchev–Trinajstić information content (AvgIpc) is 2.63. The molecule has 0 unspecified atom stereocenters. The van der Waals surface area contributed by atoms with E-state index in [1.165, 1.54) is 5.56 Å². The Morgan fingerprint density at radius 1 is 1.35 bits per heavy atom. The van der Waals surface area contributed by atoms with Crippen molar-refractivity contribution in [3.8, 4) is 0 Å². The predicted molar refractivity (Wildman–Crippen MR) is 114 cm³/mol. The minimum absolute atomic E-state index is 0.0488. The molecule has 0 saturated carbocycles. The van der Waals surface area contributed by atoms with Crippen molar-refractivity contribution in [2.24, 2.45) is 0 Å². The highest BCUT2D eigenvalue weighted by molar-refractivity contribution is 9.10. The van der Waals surface area contributed by atoms with Crippen LogP contribution in [0.25, 0.3) is 0 Å². The molecule has 138 valence electrons. The fraction of sp³-hybridized carbons (Fsp3) is 0.368. The van der Waals surface area contributed by atoms with Crippen LogP contribution in [0.3, 0.4) is 0 Å². The van der Waals surface area contributed by atoms with Crippen LogP contribution in [0.15, 0.2) is 41.0 Å². The van der Waals surface area contributed by atoms with Gasteiger partial charge in [-0.2, -0.15) is 0 Å². The minimum Gasteiger partial charge on any atom is -0.381 e. The van der Waals surface area contributed by atoms with E-state index < -0.39 is 0 Å². The molecule has 7 heteroatoms. The van der Waals surface area contributed by atoms with Gasteiger partial charge in [0.05, 0.1) is 4.47 Å². The van der Waals surface area contributed by atoms with Crippen LogP contribution in [-0.2, 0) is 10.2 Å². The number of nitrogens with zero attached hydrogens (tertiary/aromatic N) is 1. The molecule has 1 aliphatic rings. The molecule has 2 heterocycles. The number of hydrogen-bond donors (Lipinski definition) is 2. The lowest BCUT2D eigenvalue weighted by Gasteiger charge is -2.38. The van der Waals surface area contributed by atoms with E-state index in [0.717, 1.165) is 41.1 Å². The minimum atomic E-state index is -0.0488. The molecule has 1 aliphatic heterocycles. The molecule has 0 atom stereocenters. The largest absolute Gasteiger partial charge is 0.381 e. The zero-order chi connectivity index (χ0) is 18.6. The van der Waals surface area contributed by atoms with E-state index in [4.69, 9.17) is 28.6 Å². The molecule has 2 aromatic rings. The van der Waals surface area contributed by atoms with E-state index in [-0.39, 0.29) is 5.41 Å². The second-order valence-corrected chi connectivity index (χ2v) is 8.25. The third-order valence-electron chi connectivity index (χ3n) is 4.68. The first-order chi connectivity index (χ1) is 12.5. The number of anilines is 1. The summed E-state index contributed by atoms with van der Waals surface area (Å²) in [5, 5.41) is 7.83. The van der Waals surface area contributed by atoms with Crippen LogP contribution >= 0.6 is 39.7 Å². The Bertz CT molecular complexity index is 796. The number of thiocarbonyl (C=S) groups is 1. The van der Waals surface area contributed by atoms with Crippen LogP contribution in [0.1, 0.15) is 24.0 Å². The maximum absolute atomic E-state index is 6.22. The summed E-state index contributed by atoms with van der Waals surface area (Å²) in [5.74, 6) is 0.705. The summed E-state index contributed by atoms with van der Waals surface area (Å²) in [7, 11) is 0. The highest BCUT2D eigenvalue weighted by Gasteiger charge is 2.34. The molecule has 26 heavy (non-hydrogen) atoms. The van der Waals surface area contributed by atoms with E-state index >= 15 is 0 Å². The van der Waals surface area contributed by atoms with E-state index in [0.29, 0.717) is 17.5 Å². The van der Waals surface area contributed by atoms with Gasteiger partial charge in [-0.1, -0.05) is 23.7 Å². The van der Waals surface area contributed by atoms with Crippen molar-refractivity contribution in [2.75, 3.05) is 25.1 Å². The maximum atomic E-state index is 6.22. The van der Waals surface area contributed by atoms with Crippen LogP contribution < -0.4 is 10.6 Å². The zero-order valence-electron chi connectivity index (χ0n) is 14.5. The lowest BCUT2D eigenvalue weighted by Crippen LogP contribution is -2.45. The van der Waals surface area contributed by atoms with Gasteiger partial charge in [0.15, 0.2) is 5.11 Å². The number of ether oxygens (including phenoxy) is 1. The molecule has 0 bridgehead atoms. The lowest BCUT2D eigenvalue weighted by atomic mass is 9.74. The van der Waals surface area contributed by atoms with Crippen LogP contribution in [0, 0.1) is 6.92 Å². The van der Waals surface area contributed by atoms with Gasteiger partial charge in [0, 0.05) is 36.4 Å². The molecule has 1 aromatic carbocycles. The van der Waals surface area contributed by atoms with Crippen molar-refractivity contribution in [1.82, 2.24) is 10.3 Å². The van der Waals surface area contributed by atoms with Crippen molar-refractivity contribution >= 4 is 50.7 Å². The van der Waals surface area contributed by atoms with Crippen LogP contribution in [0.4, 0.5) is 5.82 Å². The van der Waals surface area contributed by atoms with Gasteiger partial charge in [0.2, 0.25) is 0 Å². The maximum Gasteiger partial charge on any atom is 0.172 e. The molecule has 0 spiro atoms. The number of aryl methyl sites for hydroxylation is 1. The molecule has 4 nitrogen and oxygen atoms in total. The number of aromatic nitrogens is 1. The summed E-state index contributed by atoms with van der Waals surface area (Å²) in [5.41, 5.74) is 2.26. The topological polar surface area (TPSA) is 46.2 Å². The van der Waals surface area contributed by atoms with Gasteiger partial charge in [-0.25, -0.2) is 4.98 Å². The average molecular weight is 455 g/mol. The standard InChI is InChI=1S/C19H21BrClN3OS/c1-13-9-16(20)17(22-11-13)24-18(26)23-12-19(5-7-25-8-6-19)14-3-2-4-15(21)10-14/h2-4,9-11H,5-8,12H2,1H3,(H2,22,23,24,26). The predicted octanol–water partition coefficient (Wildman–Crippen LogP) is 4.84. The van der Waals surface area contributed by atoms with Gasteiger partial charge in [0.1, 0.15) is 5.82 Å². The Morgan fingerprint density at radius 3 is 2.81 bits per heavy atom. The van der Waals surface area contributed by atoms with Crippen LogP contribution in [0.5, 0.6) is 0 Å². The molecule has 2 N–H and O–H groups in total. The Kier molecular flexibility index (Phi) is 6.51. The second kappa shape index (κ2) is 8.65. The van der Waals surface area contributed by atoms with E-state index in [2.05, 4.69) is 37.6 Å². The monoisotopic (exact) mass is 453 g/mol. The number of rotatable bonds is 4. The molecule has 1 saturated heterocycles. The van der Waals surface area contributed by atoms with Gasteiger partial charge >= 0.3 is 0 Å². The fourth-order valence-corrected chi connectivity index (χ4v) is 4.10. The first-order valence-electron chi connectivity index (χ1n) is 8.49. The van der Waals surface area contributed by atoms with Gasteiger partial charge in [-0.3, -0.25) is 0 Å². The Balaban J connectivity index is 1.70. The van der Waals surface area contributed by atoms with Crippen LogP contribution in [0.2, 0.25) is 5.02 Å². The molecule has 0 radical (unpaired) electrons. The number of halogens is 2. The van der Waals surface area contributed by atoms with Crippen molar-refractivity contribution < 1.29 is 4.74 Å². The highest BCUT2D eigenvalue weighted by Crippen LogP contribution is 2.35. The molecular weight excluding hydrogens is 434 g/mol. The van der Waals surface area contributed by atoms with E-state index in [1.54, 1.807) is 0 Å². The third-order valence-corrected chi connectivity index (χ3v) is 5.77. The second-order valence-electron chi connectivity index (χ2n) is 6.55. The van der Waals surface area contributed by atoms with Crippen molar-refractivity contribution in [2.45, 2.75) is 25.2 Å². The summed E-state index contributed by atoms with van der Waals surface area (Å²) in [4.78, 5) is 4.38. The number of nitrogens with one attached hydrogen (secondary N) is 2. The number of benzene rings is 1. The highest BCUT2D eigenvalue weighted by atomic mass is 79.9. The Morgan fingerprint density at radius 2 is 2.12 bits per heavy atom. The lowest BCUT2D eigenvalue weighted by molar-refractivity contribution is 0.0515. The van der Waals surface area contributed by atoms with Gasteiger partial charge in [-0.15, -0.1) is 0 Å². The summed E-state index contributed by atoms with van der Waals surface area (Å²) in [6, 6.07) is 10.1. The van der Waals surface area contributed by atoms with E-state index in [1.807, 2.05) is 37.4 Å². The third kappa shape index (κ3) is 4.74. The van der Waals surface area contributed by atoms with Crippen molar-refractivity contribution in [1.29, 1.82) is 0 Å². The number of pyridine rings is 1. The summed E-state index contributed by atoms with van der Waals surface area (Å²) in [6.07, 6.45) is 3.66. The number of hydrogen-bond acceptors (Lipinski definition) is 3.